The molecule has 2 nitrogen and oxygen atoms in total. The molecule has 0 aliphatic rings. The van der Waals surface area contributed by atoms with Crippen molar-refractivity contribution in [3.63, 3.8) is 0 Å². The second kappa shape index (κ2) is 5.68. The Balaban J connectivity index is 2.29. The van der Waals surface area contributed by atoms with Gasteiger partial charge in [-0.2, -0.15) is 0 Å². The maximum Gasteiger partial charge on any atom is 0.160 e. The lowest BCUT2D eigenvalue weighted by Crippen LogP contribution is -1.97. The van der Waals surface area contributed by atoms with E-state index in [9.17, 15) is 0 Å². The van der Waals surface area contributed by atoms with E-state index >= 15 is 0 Å². The number of hydrogen-bond donors (Lipinski definition) is 0. The predicted octanol–water partition coefficient (Wildman–Crippen LogP) is 5.54. The summed E-state index contributed by atoms with van der Waals surface area (Å²) >= 11 is 15.5. The van der Waals surface area contributed by atoms with Gasteiger partial charge >= 0.3 is 0 Å². The Bertz CT molecular complexity index is 760. The Morgan fingerprint density at radius 2 is 1.70 bits per heavy atom. The molecule has 20 heavy (non-hydrogen) atoms. The van der Waals surface area contributed by atoms with Crippen molar-refractivity contribution in [2.24, 2.45) is 0 Å². The van der Waals surface area contributed by atoms with Crippen LogP contribution in [0.2, 0.25) is 0 Å². The quantitative estimate of drug-likeness (QED) is 0.556. The first-order valence-electron chi connectivity index (χ1n) is 5.96. The third kappa shape index (κ3) is 2.66. The van der Waals surface area contributed by atoms with E-state index in [0.717, 1.165) is 20.9 Å². The summed E-state index contributed by atoms with van der Waals surface area (Å²) in [5.41, 5.74) is 2.38. The lowest BCUT2D eigenvalue weighted by atomic mass is 10.1. The fourth-order valence-electron chi connectivity index (χ4n) is 2.01. The van der Waals surface area contributed by atoms with Gasteiger partial charge in [-0.25, -0.2) is 9.97 Å². The second-order valence-corrected chi connectivity index (χ2v) is 6.27. The molecule has 0 aliphatic heterocycles. The lowest BCUT2D eigenvalue weighted by molar-refractivity contribution is 1.12. The van der Waals surface area contributed by atoms with Gasteiger partial charge in [0.25, 0.3) is 0 Å². The first-order valence-corrected chi connectivity index (χ1v) is 7.62. The molecule has 3 aromatic rings. The van der Waals surface area contributed by atoms with Crippen molar-refractivity contribution in [2.75, 3.05) is 0 Å². The zero-order valence-corrected chi connectivity index (χ0v) is 13.3. The van der Waals surface area contributed by atoms with Gasteiger partial charge in [0, 0.05) is 15.4 Å². The van der Waals surface area contributed by atoms with Crippen LogP contribution in [0, 0.1) is 0 Å². The smallest absolute Gasteiger partial charge is 0.160 e. The van der Waals surface area contributed by atoms with Crippen LogP contribution in [0.15, 0.2) is 53.0 Å². The van der Waals surface area contributed by atoms with Gasteiger partial charge in [-0.15, -0.1) is 0 Å². The molecule has 0 aliphatic carbocycles. The summed E-state index contributed by atoms with van der Waals surface area (Å²) in [6.07, 6.45) is 0. The molecule has 0 fully saturated rings. The molecule has 5 heteroatoms. The van der Waals surface area contributed by atoms with Gasteiger partial charge in [0.15, 0.2) is 5.82 Å². The molecule has 2 aromatic carbocycles. The lowest BCUT2D eigenvalue weighted by Gasteiger charge is -2.09. The Morgan fingerprint density at radius 3 is 2.40 bits per heavy atom. The first kappa shape index (κ1) is 13.8. The molecule has 0 N–H and O–H groups in total. The maximum absolute atomic E-state index is 6.05. The van der Waals surface area contributed by atoms with Crippen LogP contribution in [0.3, 0.4) is 0 Å². The molecular weight excluding hydrogens is 359 g/mol. The zero-order valence-electron chi connectivity index (χ0n) is 10.2. The highest BCUT2D eigenvalue weighted by Crippen LogP contribution is 2.32. The number of hydrogen-bond acceptors (Lipinski definition) is 2. The molecule has 0 bridgehead atoms. The van der Waals surface area contributed by atoms with Gasteiger partial charge in [0.2, 0.25) is 0 Å². The van der Waals surface area contributed by atoms with E-state index in [1.165, 1.54) is 0 Å². The molecule has 3 rings (SSSR count). The van der Waals surface area contributed by atoms with Gasteiger partial charge in [-0.1, -0.05) is 69.5 Å². The number of aromatic nitrogens is 2. The van der Waals surface area contributed by atoms with Crippen molar-refractivity contribution in [3.8, 4) is 11.4 Å². The molecule has 0 radical (unpaired) electrons. The van der Waals surface area contributed by atoms with E-state index < -0.39 is 4.84 Å². The highest BCUT2D eigenvalue weighted by molar-refractivity contribution is 9.10. The van der Waals surface area contributed by atoms with Crippen molar-refractivity contribution in [3.05, 3.63) is 58.7 Å². The van der Waals surface area contributed by atoms with E-state index in [1.807, 2.05) is 48.5 Å². The molecule has 0 saturated heterocycles. The average Bonchev–Trinajstić information content (AvgIpc) is 2.47. The molecule has 100 valence electrons. The Kier molecular flexibility index (Phi) is 3.92. The predicted molar refractivity (Wildman–Crippen MR) is 87.1 cm³/mol. The summed E-state index contributed by atoms with van der Waals surface area (Å²) in [7, 11) is 0. The van der Waals surface area contributed by atoms with Crippen LogP contribution in [-0.4, -0.2) is 9.97 Å². The van der Waals surface area contributed by atoms with Crippen LogP contribution in [-0.2, 0) is 0 Å². The van der Waals surface area contributed by atoms with E-state index in [0.29, 0.717) is 11.5 Å². The standard InChI is InChI=1S/C15H9BrCl2N2/c16-10-6-7-12-11(8-10)13(14(17)18)20-15(19-12)9-4-2-1-3-5-9/h1-8,14H. The number of rotatable bonds is 2. The summed E-state index contributed by atoms with van der Waals surface area (Å²) < 4.78 is 0.941. The molecule has 1 aromatic heterocycles. The second-order valence-electron chi connectivity index (χ2n) is 4.26. The minimum Gasteiger partial charge on any atom is -0.230 e. The van der Waals surface area contributed by atoms with Crippen LogP contribution in [0.5, 0.6) is 0 Å². The Labute approximate surface area is 134 Å². The van der Waals surface area contributed by atoms with Gasteiger partial charge in [0.1, 0.15) is 4.84 Å². The van der Waals surface area contributed by atoms with Crippen molar-refractivity contribution in [1.82, 2.24) is 9.97 Å². The summed E-state index contributed by atoms with van der Waals surface area (Å²) in [5.74, 6) is 0.627. The summed E-state index contributed by atoms with van der Waals surface area (Å²) in [6.45, 7) is 0. The molecular formula is C15H9BrCl2N2. The highest BCUT2D eigenvalue weighted by Gasteiger charge is 2.14. The molecule has 0 saturated carbocycles. The van der Waals surface area contributed by atoms with E-state index in [-0.39, 0.29) is 0 Å². The van der Waals surface area contributed by atoms with Crippen LogP contribution in [0.25, 0.3) is 22.3 Å². The molecule has 1 heterocycles. The number of alkyl halides is 2. The Morgan fingerprint density at radius 1 is 0.950 bits per heavy atom. The van der Waals surface area contributed by atoms with Crippen molar-refractivity contribution in [2.45, 2.75) is 4.84 Å². The minimum absolute atomic E-state index is 0.624. The van der Waals surface area contributed by atoms with Crippen molar-refractivity contribution >= 4 is 50.0 Å². The van der Waals surface area contributed by atoms with Crippen molar-refractivity contribution < 1.29 is 0 Å². The summed E-state index contributed by atoms with van der Waals surface area (Å²) in [6, 6.07) is 15.6. The summed E-state index contributed by atoms with van der Waals surface area (Å²) in [5, 5.41) is 0.856. The minimum atomic E-state index is -0.697. The summed E-state index contributed by atoms with van der Waals surface area (Å²) in [4.78, 5) is 8.40. The third-order valence-electron chi connectivity index (χ3n) is 2.93. The van der Waals surface area contributed by atoms with E-state index in [1.54, 1.807) is 0 Å². The van der Waals surface area contributed by atoms with Gasteiger partial charge < -0.3 is 0 Å². The fraction of sp³-hybridized carbons (Fsp3) is 0.0667. The SMILES string of the molecule is ClC(Cl)c1nc(-c2ccccc2)nc2ccc(Br)cc12. The van der Waals surface area contributed by atoms with Gasteiger partial charge in [-0.05, 0) is 18.2 Å². The number of halogens is 3. The van der Waals surface area contributed by atoms with E-state index in [2.05, 4.69) is 25.9 Å². The highest BCUT2D eigenvalue weighted by atomic mass is 79.9. The topological polar surface area (TPSA) is 25.8 Å². The number of nitrogens with zero attached hydrogens (tertiary/aromatic N) is 2. The van der Waals surface area contributed by atoms with Crippen LogP contribution < -0.4 is 0 Å². The van der Waals surface area contributed by atoms with Crippen LogP contribution >= 0.6 is 39.1 Å². The molecule has 0 spiro atoms. The normalized spacial score (nSPS) is 11.2. The molecule has 0 unspecified atom stereocenters. The maximum atomic E-state index is 6.05. The third-order valence-corrected chi connectivity index (χ3v) is 3.83. The average molecular weight is 368 g/mol. The molecule has 0 amide bonds. The van der Waals surface area contributed by atoms with Gasteiger partial charge in [0.05, 0.1) is 11.2 Å². The molecule has 0 atom stereocenters. The first-order chi connectivity index (χ1) is 9.65. The number of benzene rings is 2. The van der Waals surface area contributed by atoms with Crippen molar-refractivity contribution in [1.29, 1.82) is 0 Å². The van der Waals surface area contributed by atoms with E-state index in [4.69, 9.17) is 23.2 Å². The monoisotopic (exact) mass is 366 g/mol. The fourth-order valence-corrected chi connectivity index (χ4v) is 2.70. The largest absolute Gasteiger partial charge is 0.230 e. The Hall–Kier alpha value is -1.16. The van der Waals surface area contributed by atoms with Crippen LogP contribution in [0.1, 0.15) is 10.5 Å². The number of fused-ring (bicyclic) bond motifs is 1. The zero-order chi connectivity index (χ0) is 14.1. The van der Waals surface area contributed by atoms with Crippen LogP contribution in [0.4, 0.5) is 0 Å². The van der Waals surface area contributed by atoms with Gasteiger partial charge in [-0.3, -0.25) is 0 Å².